The van der Waals surface area contributed by atoms with E-state index in [-0.39, 0.29) is 34.2 Å². The lowest BCUT2D eigenvalue weighted by Crippen LogP contribution is -2.41. The highest BCUT2D eigenvalue weighted by atomic mass is 35.5. The summed E-state index contributed by atoms with van der Waals surface area (Å²) in [6.07, 6.45) is 0.827. The average Bonchev–Trinajstić information content (AvgIpc) is 3.05. The van der Waals surface area contributed by atoms with Gasteiger partial charge in [0.15, 0.2) is 0 Å². The Morgan fingerprint density at radius 2 is 1.88 bits per heavy atom. The van der Waals surface area contributed by atoms with E-state index in [1.807, 2.05) is 0 Å². The molecule has 3 rings (SSSR count). The zero-order chi connectivity index (χ0) is 18.1. The standard InChI is InChI=1S/C17H25N3O4S.ClH/c1-17(12-18)6-7-19(13-17)16(21)14-4-2-3-5-15(14)25(22,23)20-8-10-24-11-9-20;/h2-5H,6-13,18H2,1H3;1H. The molecule has 2 fully saturated rings. The Morgan fingerprint density at radius 3 is 2.50 bits per heavy atom. The van der Waals surface area contributed by atoms with Gasteiger partial charge in [-0.3, -0.25) is 4.79 Å². The molecular weight excluding hydrogens is 378 g/mol. The Labute approximate surface area is 160 Å². The van der Waals surface area contributed by atoms with Crippen LogP contribution in [0.25, 0.3) is 0 Å². The van der Waals surface area contributed by atoms with Gasteiger partial charge in [-0.15, -0.1) is 12.4 Å². The summed E-state index contributed by atoms with van der Waals surface area (Å²) >= 11 is 0. The lowest BCUT2D eigenvalue weighted by Gasteiger charge is -2.27. The Balaban J connectivity index is 0.00000243. The topological polar surface area (TPSA) is 92.9 Å². The molecule has 9 heteroatoms. The van der Waals surface area contributed by atoms with E-state index >= 15 is 0 Å². The summed E-state index contributed by atoms with van der Waals surface area (Å²) in [5.74, 6) is -0.246. The molecule has 1 unspecified atom stereocenters. The number of likely N-dealkylation sites (tertiary alicyclic amines) is 1. The first-order valence-electron chi connectivity index (χ1n) is 8.54. The fraction of sp³-hybridized carbons (Fsp3) is 0.588. The molecule has 1 amide bonds. The Kier molecular flexibility index (Phi) is 6.68. The van der Waals surface area contributed by atoms with Gasteiger partial charge in [0.05, 0.1) is 23.7 Å². The number of hydrogen-bond acceptors (Lipinski definition) is 5. The van der Waals surface area contributed by atoms with Crippen LogP contribution in [0, 0.1) is 5.41 Å². The van der Waals surface area contributed by atoms with Crippen molar-refractivity contribution in [1.29, 1.82) is 0 Å². The van der Waals surface area contributed by atoms with Crippen molar-refractivity contribution in [1.82, 2.24) is 9.21 Å². The van der Waals surface area contributed by atoms with Gasteiger partial charge in [0.2, 0.25) is 10.0 Å². The van der Waals surface area contributed by atoms with Crippen molar-refractivity contribution < 1.29 is 17.9 Å². The van der Waals surface area contributed by atoms with Crippen molar-refractivity contribution in [3.8, 4) is 0 Å². The molecule has 2 heterocycles. The number of ether oxygens (including phenoxy) is 1. The van der Waals surface area contributed by atoms with Gasteiger partial charge >= 0.3 is 0 Å². The van der Waals surface area contributed by atoms with Crippen LogP contribution in [-0.2, 0) is 14.8 Å². The molecule has 0 aliphatic carbocycles. The zero-order valence-electron chi connectivity index (χ0n) is 14.9. The molecule has 1 atom stereocenters. The smallest absolute Gasteiger partial charge is 0.255 e. The second-order valence-electron chi connectivity index (χ2n) is 7.00. The molecule has 0 saturated carbocycles. The number of sulfonamides is 1. The first-order valence-corrected chi connectivity index (χ1v) is 9.98. The quantitative estimate of drug-likeness (QED) is 0.807. The number of amides is 1. The molecule has 1 aromatic rings. The summed E-state index contributed by atoms with van der Waals surface area (Å²) in [5, 5.41) is 0. The Hall–Kier alpha value is -1.19. The summed E-state index contributed by atoms with van der Waals surface area (Å²) in [4.78, 5) is 14.8. The number of nitrogens with zero attached hydrogens (tertiary/aromatic N) is 2. The van der Waals surface area contributed by atoms with Gasteiger partial charge in [-0.25, -0.2) is 8.42 Å². The van der Waals surface area contributed by atoms with Crippen LogP contribution in [-0.4, -0.2) is 69.5 Å². The predicted molar refractivity (Wildman–Crippen MR) is 101 cm³/mol. The number of morpholine rings is 1. The van der Waals surface area contributed by atoms with Gasteiger partial charge in [0.25, 0.3) is 5.91 Å². The van der Waals surface area contributed by atoms with E-state index in [0.29, 0.717) is 45.9 Å². The Bertz CT molecular complexity index is 752. The van der Waals surface area contributed by atoms with Crippen molar-refractivity contribution in [2.24, 2.45) is 11.1 Å². The number of benzene rings is 1. The number of rotatable bonds is 4. The van der Waals surface area contributed by atoms with Gasteiger partial charge in [0.1, 0.15) is 0 Å². The molecule has 2 saturated heterocycles. The molecular formula is C17H26ClN3O4S. The van der Waals surface area contributed by atoms with E-state index in [9.17, 15) is 13.2 Å². The molecule has 2 N–H and O–H groups in total. The third-order valence-electron chi connectivity index (χ3n) is 5.04. The number of carbonyl (C=O) groups excluding carboxylic acids is 1. The number of hydrogen-bond donors (Lipinski definition) is 1. The van der Waals surface area contributed by atoms with Crippen LogP contribution >= 0.6 is 12.4 Å². The van der Waals surface area contributed by atoms with Crippen LogP contribution in [0.1, 0.15) is 23.7 Å². The highest BCUT2D eigenvalue weighted by Gasteiger charge is 2.37. The highest BCUT2D eigenvalue weighted by Crippen LogP contribution is 2.31. The summed E-state index contributed by atoms with van der Waals surface area (Å²) in [5.41, 5.74) is 5.94. The minimum atomic E-state index is -3.72. The first-order chi connectivity index (χ1) is 11.9. The van der Waals surface area contributed by atoms with Crippen molar-refractivity contribution in [3.05, 3.63) is 29.8 Å². The van der Waals surface area contributed by atoms with Crippen LogP contribution in [0.4, 0.5) is 0 Å². The average molecular weight is 404 g/mol. The minimum Gasteiger partial charge on any atom is -0.379 e. The van der Waals surface area contributed by atoms with Crippen molar-refractivity contribution in [2.75, 3.05) is 45.9 Å². The first kappa shape index (κ1) is 21.1. The monoisotopic (exact) mass is 403 g/mol. The highest BCUT2D eigenvalue weighted by molar-refractivity contribution is 7.89. The summed E-state index contributed by atoms with van der Waals surface area (Å²) in [7, 11) is -3.72. The zero-order valence-corrected chi connectivity index (χ0v) is 16.5. The molecule has 7 nitrogen and oxygen atoms in total. The fourth-order valence-electron chi connectivity index (χ4n) is 3.33. The fourth-order valence-corrected chi connectivity index (χ4v) is 4.92. The van der Waals surface area contributed by atoms with Crippen LogP contribution in [0.2, 0.25) is 0 Å². The second-order valence-corrected chi connectivity index (χ2v) is 8.91. The lowest BCUT2D eigenvalue weighted by atomic mass is 9.90. The number of nitrogens with two attached hydrogens (primary N) is 1. The normalized spacial score (nSPS) is 24.3. The summed E-state index contributed by atoms with van der Waals surface area (Å²) in [6, 6.07) is 6.45. The largest absolute Gasteiger partial charge is 0.379 e. The molecule has 2 aliphatic rings. The molecule has 0 spiro atoms. The SMILES string of the molecule is CC1(CN)CCN(C(=O)c2ccccc2S(=O)(=O)N2CCOCC2)C1.Cl. The van der Waals surface area contributed by atoms with E-state index in [1.54, 1.807) is 23.1 Å². The van der Waals surface area contributed by atoms with Gasteiger partial charge in [-0.2, -0.15) is 4.31 Å². The molecule has 1 aromatic carbocycles. The van der Waals surface area contributed by atoms with Gasteiger partial charge < -0.3 is 15.4 Å². The summed E-state index contributed by atoms with van der Waals surface area (Å²) < 4.78 is 32.6. The van der Waals surface area contributed by atoms with Crippen molar-refractivity contribution >= 4 is 28.3 Å². The van der Waals surface area contributed by atoms with Crippen LogP contribution in [0.5, 0.6) is 0 Å². The van der Waals surface area contributed by atoms with Crippen LogP contribution < -0.4 is 5.73 Å². The maximum Gasteiger partial charge on any atom is 0.255 e. The maximum absolute atomic E-state index is 13.0. The summed E-state index contributed by atoms with van der Waals surface area (Å²) in [6.45, 7) is 5.06. The van der Waals surface area contributed by atoms with E-state index < -0.39 is 10.0 Å². The van der Waals surface area contributed by atoms with E-state index in [4.69, 9.17) is 10.5 Å². The second kappa shape index (κ2) is 8.22. The molecule has 0 bridgehead atoms. The minimum absolute atomic E-state index is 0. The van der Waals surface area contributed by atoms with Crippen molar-refractivity contribution in [3.63, 3.8) is 0 Å². The Morgan fingerprint density at radius 1 is 1.23 bits per heavy atom. The third-order valence-corrected chi connectivity index (χ3v) is 7.00. The van der Waals surface area contributed by atoms with Gasteiger partial charge in [-0.1, -0.05) is 19.1 Å². The van der Waals surface area contributed by atoms with Gasteiger partial charge in [-0.05, 0) is 30.5 Å². The van der Waals surface area contributed by atoms with Gasteiger partial charge in [0, 0.05) is 26.2 Å². The molecule has 0 aromatic heterocycles. The number of carbonyl (C=O) groups is 1. The van der Waals surface area contributed by atoms with Crippen molar-refractivity contribution in [2.45, 2.75) is 18.2 Å². The van der Waals surface area contributed by atoms with E-state index in [1.165, 1.54) is 10.4 Å². The van der Waals surface area contributed by atoms with Crippen LogP contribution in [0.3, 0.4) is 0 Å². The molecule has 146 valence electrons. The van der Waals surface area contributed by atoms with E-state index in [2.05, 4.69) is 6.92 Å². The third kappa shape index (κ3) is 4.04. The van der Waals surface area contributed by atoms with E-state index in [0.717, 1.165) is 6.42 Å². The molecule has 0 radical (unpaired) electrons. The molecule has 2 aliphatic heterocycles. The van der Waals surface area contributed by atoms with Crippen LogP contribution in [0.15, 0.2) is 29.2 Å². The number of halogens is 1. The lowest BCUT2D eigenvalue weighted by molar-refractivity contribution is 0.0727. The predicted octanol–water partition coefficient (Wildman–Crippen LogP) is 0.940. The molecule has 26 heavy (non-hydrogen) atoms. The maximum atomic E-state index is 13.0.